The number of nitrogens with zero attached hydrogens (tertiary/aromatic N) is 4. The summed E-state index contributed by atoms with van der Waals surface area (Å²) in [4.78, 5) is 23.1. The van der Waals surface area contributed by atoms with Gasteiger partial charge in [0.2, 0.25) is 0 Å². The van der Waals surface area contributed by atoms with Crippen LogP contribution in [0.25, 0.3) is 5.69 Å². The van der Waals surface area contributed by atoms with Crippen molar-refractivity contribution < 1.29 is 0 Å². The molecule has 2 rings (SSSR count). The Bertz CT molecular complexity index is 489. The van der Waals surface area contributed by atoms with Gasteiger partial charge in [-0.1, -0.05) is 0 Å². The zero-order valence-corrected chi connectivity index (χ0v) is 7.58. The van der Waals surface area contributed by atoms with Crippen LogP contribution in [0.1, 0.15) is 5.82 Å². The Morgan fingerprint density at radius 3 is 2.57 bits per heavy atom. The molecule has 0 unspecified atom stereocenters. The maximum atomic E-state index is 11.3. The van der Waals surface area contributed by atoms with Gasteiger partial charge in [-0.25, -0.2) is 9.97 Å². The van der Waals surface area contributed by atoms with E-state index < -0.39 is 0 Å². The Hall–Kier alpha value is -2.04. The van der Waals surface area contributed by atoms with Gasteiger partial charge in [0, 0.05) is 12.4 Å². The molecule has 0 aliphatic carbocycles. The van der Waals surface area contributed by atoms with Crippen LogP contribution in [0.3, 0.4) is 0 Å². The summed E-state index contributed by atoms with van der Waals surface area (Å²) in [7, 11) is 0. The molecule has 14 heavy (non-hydrogen) atoms. The van der Waals surface area contributed by atoms with Gasteiger partial charge in [0.1, 0.15) is 5.82 Å². The summed E-state index contributed by atoms with van der Waals surface area (Å²) in [5, 5.41) is 0. The van der Waals surface area contributed by atoms with Crippen LogP contribution >= 0.6 is 0 Å². The molecular formula is C9H8N4O. The molecule has 0 aliphatic heterocycles. The monoisotopic (exact) mass is 188 g/mol. The maximum Gasteiger partial charge on any atom is 0.273 e. The van der Waals surface area contributed by atoms with Crippen molar-refractivity contribution in [3.63, 3.8) is 0 Å². The second kappa shape index (κ2) is 3.37. The van der Waals surface area contributed by atoms with Crippen LogP contribution in [-0.2, 0) is 0 Å². The van der Waals surface area contributed by atoms with E-state index in [9.17, 15) is 4.79 Å². The molecule has 0 fully saturated rings. The fourth-order valence-electron chi connectivity index (χ4n) is 1.07. The van der Waals surface area contributed by atoms with Crippen LogP contribution in [0.4, 0.5) is 0 Å². The van der Waals surface area contributed by atoms with Crippen molar-refractivity contribution in [3.05, 3.63) is 47.2 Å². The van der Waals surface area contributed by atoms with Crippen LogP contribution in [0.15, 0.2) is 35.8 Å². The summed E-state index contributed by atoms with van der Waals surface area (Å²) in [6.07, 6.45) is 7.57. The largest absolute Gasteiger partial charge is 0.278 e. The highest BCUT2D eigenvalue weighted by molar-refractivity contribution is 5.24. The van der Waals surface area contributed by atoms with Crippen LogP contribution in [0.5, 0.6) is 0 Å². The second-order valence-corrected chi connectivity index (χ2v) is 2.77. The van der Waals surface area contributed by atoms with Gasteiger partial charge in [0.25, 0.3) is 5.56 Å². The van der Waals surface area contributed by atoms with Crippen molar-refractivity contribution in [2.45, 2.75) is 6.92 Å². The predicted molar refractivity (Wildman–Crippen MR) is 50.2 cm³/mol. The average molecular weight is 188 g/mol. The third kappa shape index (κ3) is 1.52. The molecule has 2 aromatic heterocycles. The van der Waals surface area contributed by atoms with Gasteiger partial charge in [0.15, 0.2) is 0 Å². The maximum absolute atomic E-state index is 11.3. The third-order valence-corrected chi connectivity index (χ3v) is 1.77. The highest BCUT2D eigenvalue weighted by Gasteiger charge is 1.98. The van der Waals surface area contributed by atoms with Gasteiger partial charge in [0.05, 0.1) is 24.3 Å². The second-order valence-electron chi connectivity index (χ2n) is 2.77. The van der Waals surface area contributed by atoms with E-state index in [1.165, 1.54) is 10.8 Å². The lowest BCUT2D eigenvalue weighted by atomic mass is 10.5. The van der Waals surface area contributed by atoms with E-state index in [0.717, 1.165) is 0 Å². The summed E-state index contributed by atoms with van der Waals surface area (Å²) in [5.41, 5.74) is 0.447. The zero-order chi connectivity index (χ0) is 9.97. The molecule has 0 N–H and O–H groups in total. The summed E-state index contributed by atoms with van der Waals surface area (Å²) in [6.45, 7) is 1.79. The summed E-state index contributed by atoms with van der Waals surface area (Å²) < 4.78 is 1.44. The first-order valence-corrected chi connectivity index (χ1v) is 4.09. The Morgan fingerprint density at radius 1 is 1.21 bits per heavy atom. The van der Waals surface area contributed by atoms with Gasteiger partial charge in [-0.05, 0) is 6.92 Å². The molecule has 5 nitrogen and oxygen atoms in total. The molecule has 0 aromatic carbocycles. The molecule has 0 bridgehead atoms. The minimum atomic E-state index is -0.194. The average Bonchev–Trinajstić information content (AvgIpc) is 2.20. The zero-order valence-electron chi connectivity index (χ0n) is 7.58. The predicted octanol–water partition coefficient (Wildman–Crippen LogP) is 0.331. The molecule has 0 saturated heterocycles. The van der Waals surface area contributed by atoms with Gasteiger partial charge in [-0.2, -0.15) is 0 Å². The van der Waals surface area contributed by atoms with E-state index in [1.54, 1.807) is 31.7 Å². The Morgan fingerprint density at radius 2 is 1.93 bits per heavy atom. The van der Waals surface area contributed by atoms with E-state index in [4.69, 9.17) is 0 Å². The van der Waals surface area contributed by atoms with Crippen LogP contribution in [0.2, 0.25) is 0 Å². The molecule has 0 spiro atoms. The first kappa shape index (κ1) is 8.55. The number of hydrogen-bond donors (Lipinski definition) is 0. The molecule has 5 heteroatoms. The lowest BCUT2D eigenvalue weighted by Crippen LogP contribution is -2.17. The number of rotatable bonds is 1. The fraction of sp³-hybridized carbons (Fsp3) is 0.111. The summed E-state index contributed by atoms with van der Waals surface area (Å²) >= 11 is 0. The van der Waals surface area contributed by atoms with Crippen molar-refractivity contribution in [1.29, 1.82) is 0 Å². The molecule has 70 valence electrons. The number of aryl methyl sites for hydroxylation is 1. The van der Waals surface area contributed by atoms with E-state index >= 15 is 0 Å². The standard InChI is InChI=1S/C9H8N4O/c1-7-11-4-8(5-12-7)13-3-2-10-6-9(13)14/h2-6H,1H3. The molecule has 0 amide bonds. The number of hydrogen-bond acceptors (Lipinski definition) is 4. The lowest BCUT2D eigenvalue weighted by Gasteiger charge is -2.02. The summed E-state index contributed by atoms with van der Waals surface area (Å²) in [6, 6.07) is 0. The lowest BCUT2D eigenvalue weighted by molar-refractivity contribution is 0.918. The van der Waals surface area contributed by atoms with Crippen molar-refractivity contribution in [3.8, 4) is 5.69 Å². The van der Waals surface area contributed by atoms with Gasteiger partial charge < -0.3 is 0 Å². The van der Waals surface area contributed by atoms with Gasteiger partial charge in [-0.3, -0.25) is 14.3 Å². The first-order valence-electron chi connectivity index (χ1n) is 4.09. The minimum Gasteiger partial charge on any atom is -0.278 e. The smallest absolute Gasteiger partial charge is 0.273 e. The molecule has 0 saturated carbocycles. The number of aromatic nitrogens is 4. The Labute approximate surface area is 80.1 Å². The molecule has 2 heterocycles. The summed E-state index contributed by atoms with van der Waals surface area (Å²) in [5.74, 6) is 0.677. The van der Waals surface area contributed by atoms with E-state index in [1.807, 2.05) is 0 Å². The first-order chi connectivity index (χ1) is 6.77. The fourth-order valence-corrected chi connectivity index (χ4v) is 1.07. The normalized spacial score (nSPS) is 10.1. The van der Waals surface area contributed by atoms with Gasteiger partial charge in [-0.15, -0.1) is 0 Å². The van der Waals surface area contributed by atoms with Crippen molar-refractivity contribution in [2.75, 3.05) is 0 Å². The third-order valence-electron chi connectivity index (χ3n) is 1.77. The Kier molecular flexibility index (Phi) is 2.06. The highest BCUT2D eigenvalue weighted by atomic mass is 16.1. The van der Waals surface area contributed by atoms with E-state index in [2.05, 4.69) is 15.0 Å². The van der Waals surface area contributed by atoms with Crippen LogP contribution in [0, 0.1) is 6.92 Å². The molecule has 0 atom stereocenters. The van der Waals surface area contributed by atoms with Crippen LogP contribution < -0.4 is 5.56 Å². The highest BCUT2D eigenvalue weighted by Crippen LogP contribution is 1.99. The van der Waals surface area contributed by atoms with Crippen molar-refractivity contribution in [2.24, 2.45) is 0 Å². The van der Waals surface area contributed by atoms with Crippen molar-refractivity contribution in [1.82, 2.24) is 19.5 Å². The minimum absolute atomic E-state index is 0.194. The van der Waals surface area contributed by atoms with Gasteiger partial charge >= 0.3 is 0 Å². The molecule has 0 aliphatic rings. The molecule has 2 aromatic rings. The van der Waals surface area contributed by atoms with E-state index in [-0.39, 0.29) is 5.56 Å². The topological polar surface area (TPSA) is 60.7 Å². The SMILES string of the molecule is Cc1ncc(-n2ccncc2=O)cn1. The molecule has 0 radical (unpaired) electrons. The van der Waals surface area contributed by atoms with Crippen molar-refractivity contribution >= 4 is 0 Å². The molecular weight excluding hydrogens is 180 g/mol. The quantitative estimate of drug-likeness (QED) is 0.647. The van der Waals surface area contributed by atoms with E-state index in [0.29, 0.717) is 11.5 Å². The Balaban J connectivity index is 2.56. The van der Waals surface area contributed by atoms with Crippen LogP contribution in [-0.4, -0.2) is 19.5 Å².